The molecule has 0 aromatic heterocycles. The van der Waals surface area contributed by atoms with Crippen molar-refractivity contribution in [2.24, 2.45) is 0 Å². The molecule has 0 saturated heterocycles. The van der Waals surface area contributed by atoms with Crippen molar-refractivity contribution in [2.75, 3.05) is 0 Å². The summed E-state index contributed by atoms with van der Waals surface area (Å²) in [6, 6.07) is 8.01. The van der Waals surface area contributed by atoms with E-state index in [0.717, 1.165) is 12.1 Å². The normalized spacial score (nSPS) is 10.8. The first-order valence-corrected chi connectivity index (χ1v) is 6.10. The van der Waals surface area contributed by atoms with Crippen LogP contribution >= 0.6 is 0 Å². The van der Waals surface area contributed by atoms with Crippen molar-refractivity contribution in [3.05, 3.63) is 65.2 Å². The number of benzene rings is 2. The van der Waals surface area contributed by atoms with Gasteiger partial charge in [-0.05, 0) is 42.3 Å². The minimum Gasteiger partial charge on any atom is -0.478 e. The average Bonchev–Trinajstić information content (AvgIpc) is 2.43. The summed E-state index contributed by atoms with van der Waals surface area (Å²) >= 11 is 0. The molecule has 0 fully saturated rings. The fraction of sp³-hybridized carbons (Fsp3) is 0.0625. The van der Waals surface area contributed by atoms with Crippen molar-refractivity contribution in [1.82, 2.24) is 0 Å². The fourth-order valence-corrected chi connectivity index (χ4v) is 1.67. The van der Waals surface area contributed by atoms with Gasteiger partial charge in [-0.2, -0.15) is 0 Å². The van der Waals surface area contributed by atoms with Crippen LogP contribution in [0.2, 0.25) is 0 Å². The third-order valence-electron chi connectivity index (χ3n) is 2.74. The van der Waals surface area contributed by atoms with Gasteiger partial charge in [-0.3, -0.25) is 0 Å². The van der Waals surface area contributed by atoms with E-state index in [9.17, 15) is 13.6 Å². The van der Waals surface area contributed by atoms with Crippen LogP contribution in [0.25, 0.3) is 6.08 Å². The van der Waals surface area contributed by atoms with Crippen molar-refractivity contribution >= 4 is 12.0 Å². The quantitative estimate of drug-likeness (QED) is 0.860. The van der Waals surface area contributed by atoms with Crippen LogP contribution < -0.4 is 4.74 Å². The van der Waals surface area contributed by atoms with Gasteiger partial charge in [-0.1, -0.05) is 12.1 Å². The van der Waals surface area contributed by atoms with Gasteiger partial charge in [-0.25, -0.2) is 13.6 Å². The minimum atomic E-state index is -1.12. The highest BCUT2D eigenvalue weighted by Crippen LogP contribution is 2.28. The third kappa shape index (κ3) is 3.89. The molecule has 2 aromatic carbocycles. The lowest BCUT2D eigenvalue weighted by Crippen LogP contribution is -1.92. The molecule has 5 heteroatoms. The first-order valence-electron chi connectivity index (χ1n) is 6.10. The molecule has 2 aromatic rings. The molecule has 0 spiro atoms. The summed E-state index contributed by atoms with van der Waals surface area (Å²) in [5.74, 6) is -2.09. The van der Waals surface area contributed by atoms with Gasteiger partial charge in [-0.15, -0.1) is 0 Å². The highest BCUT2D eigenvalue weighted by Gasteiger charge is 2.08. The molecule has 21 heavy (non-hydrogen) atoms. The molecule has 2 rings (SSSR count). The number of carboxylic acids is 1. The Hall–Kier alpha value is -2.69. The number of hydrogen-bond acceptors (Lipinski definition) is 2. The molecule has 108 valence electrons. The van der Waals surface area contributed by atoms with Crippen molar-refractivity contribution in [3.63, 3.8) is 0 Å². The maximum absolute atomic E-state index is 13.9. The molecule has 0 bridgehead atoms. The zero-order chi connectivity index (χ0) is 15.4. The monoisotopic (exact) mass is 290 g/mol. The van der Waals surface area contributed by atoms with Gasteiger partial charge < -0.3 is 9.84 Å². The van der Waals surface area contributed by atoms with E-state index < -0.39 is 17.6 Å². The Morgan fingerprint density at radius 1 is 1.14 bits per heavy atom. The Kier molecular flexibility index (Phi) is 4.33. The lowest BCUT2D eigenvalue weighted by Gasteiger charge is -2.10. The first kappa shape index (κ1) is 14.7. The highest BCUT2D eigenvalue weighted by atomic mass is 19.1. The molecule has 0 unspecified atom stereocenters. The number of carboxylic acid groups (broad SMARTS) is 1. The van der Waals surface area contributed by atoms with E-state index >= 15 is 0 Å². The van der Waals surface area contributed by atoms with Gasteiger partial charge in [0.05, 0.1) is 0 Å². The van der Waals surface area contributed by atoms with Crippen LogP contribution in [0.15, 0.2) is 42.5 Å². The number of carbonyl (C=O) groups is 1. The molecule has 0 heterocycles. The van der Waals surface area contributed by atoms with Gasteiger partial charge in [0.1, 0.15) is 11.6 Å². The van der Waals surface area contributed by atoms with Crippen LogP contribution in [-0.2, 0) is 4.79 Å². The predicted molar refractivity (Wildman–Crippen MR) is 74.3 cm³/mol. The van der Waals surface area contributed by atoms with Crippen molar-refractivity contribution < 1.29 is 23.4 Å². The maximum Gasteiger partial charge on any atom is 0.328 e. The van der Waals surface area contributed by atoms with Crippen LogP contribution in [0.3, 0.4) is 0 Å². The topological polar surface area (TPSA) is 46.5 Å². The van der Waals surface area contributed by atoms with Gasteiger partial charge >= 0.3 is 5.97 Å². The second-order valence-electron chi connectivity index (χ2n) is 4.37. The van der Waals surface area contributed by atoms with Crippen LogP contribution in [0.5, 0.6) is 11.5 Å². The number of halogens is 2. The summed E-state index contributed by atoms with van der Waals surface area (Å²) in [6.45, 7) is 1.72. The Morgan fingerprint density at radius 2 is 1.90 bits per heavy atom. The average molecular weight is 290 g/mol. The Balaban J connectivity index is 2.25. The summed E-state index contributed by atoms with van der Waals surface area (Å²) in [4.78, 5) is 10.4. The van der Waals surface area contributed by atoms with Gasteiger partial charge in [0, 0.05) is 12.1 Å². The lowest BCUT2D eigenvalue weighted by molar-refractivity contribution is -0.131. The van der Waals surface area contributed by atoms with E-state index in [1.54, 1.807) is 6.92 Å². The molecular formula is C16H12F2O3. The SMILES string of the molecule is Cc1ccc(F)cc1Oc1ccc(/C=C/C(=O)O)cc1F. The van der Waals surface area contributed by atoms with E-state index in [1.165, 1.54) is 36.4 Å². The number of hydrogen-bond donors (Lipinski definition) is 1. The van der Waals surface area contributed by atoms with Crippen molar-refractivity contribution in [3.8, 4) is 11.5 Å². The van der Waals surface area contributed by atoms with E-state index in [4.69, 9.17) is 9.84 Å². The zero-order valence-corrected chi connectivity index (χ0v) is 11.1. The van der Waals surface area contributed by atoms with Crippen LogP contribution in [0.4, 0.5) is 8.78 Å². The van der Waals surface area contributed by atoms with E-state index in [2.05, 4.69) is 0 Å². The largest absolute Gasteiger partial charge is 0.478 e. The predicted octanol–water partition coefficient (Wildman–Crippen LogP) is 4.16. The van der Waals surface area contributed by atoms with E-state index in [-0.39, 0.29) is 11.5 Å². The molecule has 0 radical (unpaired) electrons. The van der Waals surface area contributed by atoms with Crippen molar-refractivity contribution in [2.45, 2.75) is 6.92 Å². The summed E-state index contributed by atoms with van der Waals surface area (Å²) in [7, 11) is 0. The lowest BCUT2D eigenvalue weighted by atomic mass is 10.2. The Bertz CT molecular complexity index is 709. The molecule has 3 nitrogen and oxygen atoms in total. The maximum atomic E-state index is 13.9. The van der Waals surface area contributed by atoms with Crippen molar-refractivity contribution in [1.29, 1.82) is 0 Å². The number of aryl methyl sites for hydroxylation is 1. The van der Waals surface area contributed by atoms with Crippen LogP contribution in [0, 0.1) is 18.6 Å². The molecular weight excluding hydrogens is 278 g/mol. The molecule has 0 atom stereocenters. The molecule has 0 aliphatic carbocycles. The molecule has 0 saturated carbocycles. The summed E-state index contributed by atoms with van der Waals surface area (Å²) in [5.41, 5.74) is 1.06. The van der Waals surface area contributed by atoms with E-state index in [0.29, 0.717) is 11.1 Å². The second kappa shape index (κ2) is 6.17. The molecule has 0 aliphatic heterocycles. The molecule has 0 amide bonds. The Morgan fingerprint density at radius 3 is 2.57 bits per heavy atom. The highest BCUT2D eigenvalue weighted by molar-refractivity contribution is 5.85. The summed E-state index contributed by atoms with van der Waals surface area (Å²) in [5, 5.41) is 8.51. The summed E-state index contributed by atoms with van der Waals surface area (Å²) < 4.78 is 32.4. The smallest absolute Gasteiger partial charge is 0.328 e. The van der Waals surface area contributed by atoms with Gasteiger partial charge in [0.25, 0.3) is 0 Å². The van der Waals surface area contributed by atoms with E-state index in [1.807, 2.05) is 0 Å². The standard InChI is InChI=1S/C16H12F2O3/c1-10-2-5-12(17)9-15(10)21-14-6-3-11(8-13(14)18)4-7-16(19)20/h2-9H,1H3,(H,19,20)/b7-4+. The molecule has 1 N–H and O–H groups in total. The van der Waals surface area contributed by atoms with Gasteiger partial charge in [0.15, 0.2) is 11.6 Å². The fourth-order valence-electron chi connectivity index (χ4n) is 1.67. The van der Waals surface area contributed by atoms with Gasteiger partial charge in [0.2, 0.25) is 0 Å². The van der Waals surface area contributed by atoms with Crippen LogP contribution in [-0.4, -0.2) is 11.1 Å². The number of ether oxygens (including phenoxy) is 1. The summed E-state index contributed by atoms with van der Waals surface area (Å²) in [6.07, 6.45) is 2.18. The zero-order valence-electron chi connectivity index (χ0n) is 11.1. The first-order chi connectivity index (χ1) is 9.95. The number of aliphatic carboxylic acids is 1. The second-order valence-corrected chi connectivity index (χ2v) is 4.37. The number of rotatable bonds is 4. The van der Waals surface area contributed by atoms with Crippen LogP contribution in [0.1, 0.15) is 11.1 Å². The third-order valence-corrected chi connectivity index (χ3v) is 2.74. The minimum absolute atomic E-state index is 0.0591. The Labute approximate surface area is 120 Å². The molecule has 0 aliphatic rings.